The molecule has 0 radical (unpaired) electrons. The topological polar surface area (TPSA) is 69.6 Å². The number of anilines is 1. The van der Waals surface area contributed by atoms with Crippen LogP contribution in [0, 0.1) is 12.7 Å². The van der Waals surface area contributed by atoms with Crippen molar-refractivity contribution in [2.24, 2.45) is 0 Å². The van der Waals surface area contributed by atoms with Crippen molar-refractivity contribution in [1.29, 1.82) is 0 Å². The molecule has 0 spiro atoms. The molecular weight excluding hydrogens is 295 g/mol. The van der Waals surface area contributed by atoms with Gasteiger partial charge in [0.1, 0.15) is 11.9 Å². The molecule has 5 nitrogen and oxygen atoms in total. The lowest BCUT2D eigenvalue weighted by Gasteiger charge is -2.31. The predicted octanol–water partition coefficient (Wildman–Crippen LogP) is 1.57. The fraction of sp³-hybridized carbons (Fsp3) is 0.429. The summed E-state index contributed by atoms with van der Waals surface area (Å²) in [5.74, 6) is -0.365. The third-order valence-electron chi connectivity index (χ3n) is 3.33. The van der Waals surface area contributed by atoms with Gasteiger partial charge in [-0.25, -0.2) is 4.39 Å². The van der Waals surface area contributed by atoms with Crippen LogP contribution in [0.25, 0.3) is 0 Å². The molecule has 1 heterocycles. The number of hydrogen-bond donors (Lipinski definition) is 2. The SMILES string of the molecule is Cc1ccc(NC(=O)CN2CCSCC2C(=O)O)cc1F. The number of nitrogens with one attached hydrogen (secondary N) is 1. The van der Waals surface area contributed by atoms with Crippen molar-refractivity contribution in [3.8, 4) is 0 Å². The van der Waals surface area contributed by atoms with Gasteiger partial charge in [0, 0.05) is 23.7 Å². The van der Waals surface area contributed by atoms with Crippen LogP contribution in [0.2, 0.25) is 0 Å². The molecule has 1 aliphatic heterocycles. The summed E-state index contributed by atoms with van der Waals surface area (Å²) in [5.41, 5.74) is 0.883. The molecule has 0 aromatic heterocycles. The van der Waals surface area contributed by atoms with Gasteiger partial charge in [-0.05, 0) is 24.6 Å². The third kappa shape index (κ3) is 4.18. The lowest BCUT2D eigenvalue weighted by Crippen LogP contribution is -2.50. The summed E-state index contributed by atoms with van der Waals surface area (Å²) in [6.45, 7) is 2.19. The van der Waals surface area contributed by atoms with Crippen molar-refractivity contribution < 1.29 is 19.1 Å². The van der Waals surface area contributed by atoms with Crippen LogP contribution in [0.4, 0.5) is 10.1 Å². The summed E-state index contributed by atoms with van der Waals surface area (Å²) in [7, 11) is 0. The molecule has 1 aliphatic rings. The molecule has 0 bridgehead atoms. The first-order valence-electron chi connectivity index (χ1n) is 6.58. The van der Waals surface area contributed by atoms with Crippen LogP contribution in [-0.2, 0) is 9.59 Å². The Morgan fingerprint density at radius 3 is 2.95 bits per heavy atom. The number of hydrogen-bond acceptors (Lipinski definition) is 4. The van der Waals surface area contributed by atoms with E-state index in [1.807, 2.05) is 0 Å². The zero-order valence-electron chi connectivity index (χ0n) is 11.6. The molecular formula is C14H17FN2O3S. The minimum atomic E-state index is -0.920. The van der Waals surface area contributed by atoms with E-state index >= 15 is 0 Å². The lowest BCUT2D eigenvalue weighted by molar-refractivity contribution is -0.142. The Hall–Kier alpha value is -1.60. The molecule has 1 amide bonds. The quantitative estimate of drug-likeness (QED) is 0.883. The summed E-state index contributed by atoms with van der Waals surface area (Å²) >= 11 is 1.57. The molecule has 2 rings (SSSR count). The third-order valence-corrected chi connectivity index (χ3v) is 4.35. The fourth-order valence-electron chi connectivity index (χ4n) is 2.11. The van der Waals surface area contributed by atoms with Crippen molar-refractivity contribution in [3.05, 3.63) is 29.6 Å². The van der Waals surface area contributed by atoms with Crippen LogP contribution in [0.15, 0.2) is 18.2 Å². The maximum Gasteiger partial charge on any atom is 0.321 e. The average molecular weight is 312 g/mol. The second-order valence-electron chi connectivity index (χ2n) is 4.91. The smallest absolute Gasteiger partial charge is 0.321 e. The van der Waals surface area contributed by atoms with E-state index in [-0.39, 0.29) is 18.3 Å². The van der Waals surface area contributed by atoms with Crippen molar-refractivity contribution >= 4 is 29.3 Å². The first-order valence-corrected chi connectivity index (χ1v) is 7.73. The van der Waals surface area contributed by atoms with E-state index in [0.29, 0.717) is 23.5 Å². The van der Waals surface area contributed by atoms with E-state index < -0.39 is 12.0 Å². The Morgan fingerprint density at radius 1 is 1.52 bits per heavy atom. The number of thioether (sulfide) groups is 1. The van der Waals surface area contributed by atoms with E-state index in [1.54, 1.807) is 35.7 Å². The van der Waals surface area contributed by atoms with Gasteiger partial charge in [-0.3, -0.25) is 14.5 Å². The average Bonchev–Trinajstić information content (AvgIpc) is 2.43. The van der Waals surface area contributed by atoms with Crippen LogP contribution < -0.4 is 5.32 Å². The Bertz CT molecular complexity index is 553. The normalized spacial score (nSPS) is 19.2. The summed E-state index contributed by atoms with van der Waals surface area (Å²) in [6.07, 6.45) is 0. The maximum atomic E-state index is 13.4. The van der Waals surface area contributed by atoms with Crippen LogP contribution in [-0.4, -0.2) is 52.5 Å². The number of aryl methyl sites for hydroxylation is 1. The summed E-state index contributed by atoms with van der Waals surface area (Å²) in [5, 5.41) is 11.7. The van der Waals surface area contributed by atoms with Crippen LogP contribution in [0.5, 0.6) is 0 Å². The molecule has 1 aromatic rings. The van der Waals surface area contributed by atoms with Gasteiger partial charge in [0.2, 0.25) is 5.91 Å². The van der Waals surface area contributed by atoms with E-state index in [2.05, 4.69) is 5.32 Å². The number of amides is 1. The second-order valence-corrected chi connectivity index (χ2v) is 6.06. The van der Waals surface area contributed by atoms with Crippen molar-refractivity contribution in [1.82, 2.24) is 4.90 Å². The largest absolute Gasteiger partial charge is 0.480 e. The van der Waals surface area contributed by atoms with E-state index in [1.165, 1.54) is 6.07 Å². The monoisotopic (exact) mass is 312 g/mol. The second kappa shape index (κ2) is 6.91. The van der Waals surface area contributed by atoms with Crippen molar-refractivity contribution in [2.45, 2.75) is 13.0 Å². The zero-order valence-corrected chi connectivity index (χ0v) is 12.5. The number of halogens is 1. The first kappa shape index (κ1) is 15.8. The Balaban J connectivity index is 1.97. The number of nitrogens with zero attached hydrogens (tertiary/aromatic N) is 1. The van der Waals surface area contributed by atoms with Gasteiger partial charge in [-0.15, -0.1) is 0 Å². The maximum absolute atomic E-state index is 13.4. The molecule has 7 heteroatoms. The minimum Gasteiger partial charge on any atom is -0.480 e. The Kier molecular flexibility index (Phi) is 5.19. The summed E-state index contributed by atoms with van der Waals surface area (Å²) in [4.78, 5) is 24.8. The molecule has 1 saturated heterocycles. The predicted molar refractivity (Wildman–Crippen MR) is 80.1 cm³/mol. The molecule has 1 aromatic carbocycles. The summed E-state index contributed by atoms with van der Waals surface area (Å²) < 4.78 is 13.4. The van der Waals surface area contributed by atoms with Crippen LogP contribution in [0.3, 0.4) is 0 Å². The lowest BCUT2D eigenvalue weighted by atomic mass is 10.2. The molecule has 1 atom stereocenters. The van der Waals surface area contributed by atoms with E-state index in [4.69, 9.17) is 5.11 Å². The van der Waals surface area contributed by atoms with Gasteiger partial charge in [0.25, 0.3) is 0 Å². The Labute approximate surface area is 126 Å². The van der Waals surface area contributed by atoms with Gasteiger partial charge in [-0.1, -0.05) is 6.07 Å². The number of rotatable bonds is 4. The number of carboxylic acids is 1. The van der Waals surface area contributed by atoms with Gasteiger partial charge >= 0.3 is 5.97 Å². The number of carbonyl (C=O) groups is 2. The highest BCUT2D eigenvalue weighted by Gasteiger charge is 2.30. The van der Waals surface area contributed by atoms with Crippen molar-refractivity contribution in [3.63, 3.8) is 0 Å². The van der Waals surface area contributed by atoms with E-state index in [9.17, 15) is 14.0 Å². The van der Waals surface area contributed by atoms with Crippen LogP contribution >= 0.6 is 11.8 Å². The van der Waals surface area contributed by atoms with Gasteiger partial charge in [0.15, 0.2) is 0 Å². The minimum absolute atomic E-state index is 0.00692. The molecule has 1 unspecified atom stereocenters. The highest BCUT2D eigenvalue weighted by atomic mass is 32.2. The first-order chi connectivity index (χ1) is 9.97. The van der Waals surface area contributed by atoms with Crippen LogP contribution in [0.1, 0.15) is 5.56 Å². The molecule has 21 heavy (non-hydrogen) atoms. The zero-order chi connectivity index (χ0) is 15.4. The standard InChI is InChI=1S/C14H17FN2O3S/c1-9-2-3-10(6-11(9)15)16-13(18)7-17-4-5-21-8-12(17)14(19)20/h2-3,6,12H,4-5,7-8H2,1H3,(H,16,18)(H,19,20). The molecule has 1 fully saturated rings. The summed E-state index contributed by atoms with van der Waals surface area (Å²) in [6, 6.07) is 3.82. The van der Waals surface area contributed by atoms with E-state index in [0.717, 1.165) is 5.75 Å². The van der Waals surface area contributed by atoms with Crippen molar-refractivity contribution in [2.75, 3.05) is 29.9 Å². The van der Waals surface area contributed by atoms with Gasteiger partial charge < -0.3 is 10.4 Å². The number of aliphatic carboxylic acids is 1. The number of carboxylic acid groups (broad SMARTS) is 1. The molecule has 0 aliphatic carbocycles. The highest BCUT2D eigenvalue weighted by Crippen LogP contribution is 2.17. The number of benzene rings is 1. The molecule has 2 N–H and O–H groups in total. The highest BCUT2D eigenvalue weighted by molar-refractivity contribution is 7.99. The number of carbonyl (C=O) groups excluding carboxylic acids is 1. The Morgan fingerprint density at radius 2 is 2.29 bits per heavy atom. The molecule has 0 saturated carbocycles. The molecule has 114 valence electrons. The van der Waals surface area contributed by atoms with Gasteiger partial charge in [0.05, 0.1) is 6.54 Å². The van der Waals surface area contributed by atoms with Gasteiger partial charge in [-0.2, -0.15) is 11.8 Å². The fourth-order valence-corrected chi connectivity index (χ4v) is 3.22.